The van der Waals surface area contributed by atoms with Gasteiger partial charge in [0.25, 0.3) is 11.8 Å². The van der Waals surface area contributed by atoms with Crippen molar-refractivity contribution in [2.24, 2.45) is 0 Å². The van der Waals surface area contributed by atoms with Crippen LogP contribution < -0.4 is 10.6 Å². The SMILES string of the molecule is C=C(C)C(=O)NC(=O)OCOCCOCCOCCOCCOCCOCCOCCOCCOCOC(=O)NC(=O)C(=C)C. The third-order valence-electron chi connectivity index (χ3n) is 4.73. The number of hydrogen-bond acceptors (Lipinski definition) is 15. The van der Waals surface area contributed by atoms with Crippen LogP contribution in [-0.4, -0.2) is 143 Å². The monoisotopic (exact) mass is 652 g/mol. The van der Waals surface area contributed by atoms with Crippen molar-refractivity contribution in [3.05, 3.63) is 24.3 Å². The molecule has 0 radical (unpaired) electrons. The van der Waals surface area contributed by atoms with E-state index in [-0.39, 0.29) is 37.9 Å². The first kappa shape index (κ1) is 42.0. The van der Waals surface area contributed by atoms with E-state index in [4.69, 9.17) is 42.6 Å². The van der Waals surface area contributed by atoms with Crippen molar-refractivity contribution in [3.8, 4) is 0 Å². The van der Waals surface area contributed by atoms with Gasteiger partial charge in [0, 0.05) is 11.1 Å². The van der Waals surface area contributed by atoms with Gasteiger partial charge in [-0.05, 0) is 13.8 Å². The fourth-order valence-corrected chi connectivity index (χ4v) is 2.44. The van der Waals surface area contributed by atoms with Gasteiger partial charge in [-0.2, -0.15) is 0 Å². The minimum Gasteiger partial charge on any atom is -0.422 e. The van der Waals surface area contributed by atoms with Crippen LogP contribution in [-0.2, 0) is 61.7 Å². The first-order chi connectivity index (χ1) is 21.7. The molecule has 17 heteroatoms. The second kappa shape index (κ2) is 31.0. The summed E-state index contributed by atoms with van der Waals surface area (Å²) in [7, 11) is 0. The zero-order chi connectivity index (χ0) is 33.4. The van der Waals surface area contributed by atoms with E-state index >= 15 is 0 Å². The Balaban J connectivity index is 3.19. The summed E-state index contributed by atoms with van der Waals surface area (Å²) < 4.78 is 57.1. The van der Waals surface area contributed by atoms with Crippen molar-refractivity contribution in [1.29, 1.82) is 0 Å². The van der Waals surface area contributed by atoms with E-state index in [0.717, 1.165) is 0 Å². The van der Waals surface area contributed by atoms with Crippen LogP contribution in [0.1, 0.15) is 13.8 Å². The summed E-state index contributed by atoms with van der Waals surface area (Å²) >= 11 is 0. The smallest absolute Gasteiger partial charge is 0.416 e. The molecule has 45 heavy (non-hydrogen) atoms. The second-order valence-corrected chi connectivity index (χ2v) is 8.67. The van der Waals surface area contributed by atoms with E-state index in [1.807, 2.05) is 10.6 Å². The van der Waals surface area contributed by atoms with Gasteiger partial charge < -0.3 is 52.1 Å². The number of ether oxygens (including phenoxy) is 11. The topological polar surface area (TPSA) is 194 Å². The molecular weight excluding hydrogens is 604 g/mol. The molecule has 0 heterocycles. The molecular formula is C28H48N2O15. The normalized spacial score (nSPS) is 10.7. The lowest BCUT2D eigenvalue weighted by Gasteiger charge is -2.09. The van der Waals surface area contributed by atoms with E-state index in [1.54, 1.807) is 0 Å². The average Bonchev–Trinajstić information content (AvgIpc) is 3.00. The summed E-state index contributed by atoms with van der Waals surface area (Å²) in [6.45, 7) is 15.1. The minimum atomic E-state index is -0.908. The molecule has 0 aliphatic rings. The Morgan fingerprint density at radius 1 is 0.400 bits per heavy atom. The standard InChI is InChI=1S/C28H48N2O15/c1-23(2)25(31)29-27(33)44-21-42-19-17-40-15-13-38-11-9-36-7-5-35-6-8-37-10-12-39-14-16-41-18-20-43-22-45-28(34)30-26(32)24(3)4/h1,3,5-22H2,2,4H3,(H,29,31,33)(H,30,32,34). The number of hydrogen-bond donors (Lipinski definition) is 2. The number of nitrogens with one attached hydrogen (secondary N) is 2. The van der Waals surface area contributed by atoms with E-state index in [9.17, 15) is 19.2 Å². The first-order valence-corrected chi connectivity index (χ1v) is 14.2. The van der Waals surface area contributed by atoms with Crippen LogP contribution in [0.2, 0.25) is 0 Å². The highest BCUT2D eigenvalue weighted by molar-refractivity contribution is 6.02. The van der Waals surface area contributed by atoms with Gasteiger partial charge in [-0.1, -0.05) is 13.2 Å². The highest BCUT2D eigenvalue weighted by atomic mass is 16.7. The molecule has 0 unspecified atom stereocenters. The highest BCUT2D eigenvalue weighted by Crippen LogP contribution is 1.90. The molecule has 0 bridgehead atoms. The lowest BCUT2D eigenvalue weighted by Crippen LogP contribution is -2.32. The molecule has 0 aliphatic heterocycles. The number of amides is 4. The van der Waals surface area contributed by atoms with Gasteiger partial charge in [-0.15, -0.1) is 0 Å². The molecule has 4 amide bonds. The molecule has 0 saturated carbocycles. The average molecular weight is 653 g/mol. The van der Waals surface area contributed by atoms with Crippen LogP contribution in [0, 0.1) is 0 Å². The van der Waals surface area contributed by atoms with Crippen LogP contribution in [0.4, 0.5) is 9.59 Å². The predicted molar refractivity (Wildman–Crippen MR) is 156 cm³/mol. The van der Waals surface area contributed by atoms with E-state index < -0.39 is 24.0 Å². The summed E-state index contributed by atoms with van der Waals surface area (Å²) in [5.74, 6) is -1.22. The second-order valence-electron chi connectivity index (χ2n) is 8.67. The first-order valence-electron chi connectivity index (χ1n) is 14.2. The summed E-state index contributed by atoms with van der Waals surface area (Å²) in [5.41, 5.74) is 0.387. The maximum Gasteiger partial charge on any atom is 0.416 e. The zero-order valence-corrected chi connectivity index (χ0v) is 26.3. The number of rotatable bonds is 30. The fraction of sp³-hybridized carbons (Fsp3) is 0.714. The van der Waals surface area contributed by atoms with E-state index in [1.165, 1.54) is 13.8 Å². The maximum absolute atomic E-state index is 11.3. The van der Waals surface area contributed by atoms with Crippen molar-refractivity contribution in [3.63, 3.8) is 0 Å². The molecule has 0 aromatic rings. The maximum atomic E-state index is 11.3. The predicted octanol–water partition coefficient (Wildman–Crippen LogP) is 0.709. The molecule has 0 aromatic heterocycles. The van der Waals surface area contributed by atoms with Gasteiger partial charge in [-0.3, -0.25) is 20.2 Å². The largest absolute Gasteiger partial charge is 0.422 e. The summed E-state index contributed by atoms with van der Waals surface area (Å²) in [6, 6.07) is 0. The van der Waals surface area contributed by atoms with Crippen molar-refractivity contribution in [1.82, 2.24) is 10.6 Å². The molecule has 0 saturated heterocycles. The third kappa shape index (κ3) is 30.8. The van der Waals surface area contributed by atoms with Crippen LogP contribution in [0.5, 0.6) is 0 Å². The zero-order valence-electron chi connectivity index (χ0n) is 26.3. The molecule has 0 rings (SSSR count). The summed E-state index contributed by atoms with van der Waals surface area (Å²) in [4.78, 5) is 45.0. The molecule has 17 nitrogen and oxygen atoms in total. The Morgan fingerprint density at radius 2 is 0.600 bits per heavy atom. The highest BCUT2D eigenvalue weighted by Gasteiger charge is 2.09. The Bertz CT molecular complexity index is 775. The van der Waals surface area contributed by atoms with Crippen LogP contribution >= 0.6 is 0 Å². The molecule has 0 aromatic carbocycles. The molecule has 0 fully saturated rings. The number of imide groups is 2. The van der Waals surface area contributed by atoms with Gasteiger partial charge in [0.05, 0.1) is 106 Å². The Labute approximate surface area is 263 Å². The van der Waals surface area contributed by atoms with Crippen molar-refractivity contribution < 1.29 is 71.3 Å². The van der Waals surface area contributed by atoms with Gasteiger partial charge in [-0.25, -0.2) is 9.59 Å². The number of carbonyl (C=O) groups is 4. The molecule has 2 N–H and O–H groups in total. The molecule has 0 aliphatic carbocycles. The van der Waals surface area contributed by atoms with E-state index in [2.05, 4.69) is 22.6 Å². The number of carbonyl (C=O) groups excluding carboxylic acids is 4. The fourth-order valence-electron chi connectivity index (χ4n) is 2.44. The van der Waals surface area contributed by atoms with Crippen LogP contribution in [0.15, 0.2) is 24.3 Å². The van der Waals surface area contributed by atoms with Gasteiger partial charge in [0.2, 0.25) is 0 Å². The van der Waals surface area contributed by atoms with Crippen LogP contribution in [0.25, 0.3) is 0 Å². The molecule has 0 atom stereocenters. The molecule has 0 spiro atoms. The minimum absolute atomic E-state index is 0.194. The van der Waals surface area contributed by atoms with E-state index in [0.29, 0.717) is 92.5 Å². The van der Waals surface area contributed by atoms with Gasteiger partial charge >= 0.3 is 12.2 Å². The lowest BCUT2D eigenvalue weighted by molar-refractivity contribution is -0.118. The third-order valence-corrected chi connectivity index (χ3v) is 4.73. The van der Waals surface area contributed by atoms with Crippen molar-refractivity contribution >= 4 is 24.0 Å². The number of alkyl carbamates (subject to hydrolysis) is 2. The molecule has 260 valence electrons. The summed E-state index contributed by atoms with van der Waals surface area (Å²) in [5, 5.41) is 3.97. The van der Waals surface area contributed by atoms with Gasteiger partial charge in [0.1, 0.15) is 0 Å². The summed E-state index contributed by atoms with van der Waals surface area (Å²) in [6.07, 6.45) is -1.82. The Hall–Kier alpha value is -3.00. The van der Waals surface area contributed by atoms with Crippen molar-refractivity contribution in [2.45, 2.75) is 13.8 Å². The lowest BCUT2D eigenvalue weighted by atomic mass is 10.3. The van der Waals surface area contributed by atoms with Crippen LogP contribution in [0.3, 0.4) is 0 Å². The Kier molecular flexibility index (Phi) is 28.9. The quantitative estimate of drug-likeness (QED) is 0.0625. The van der Waals surface area contributed by atoms with Gasteiger partial charge in [0.15, 0.2) is 13.6 Å². The van der Waals surface area contributed by atoms with Crippen molar-refractivity contribution in [2.75, 3.05) is 119 Å². The Morgan fingerprint density at radius 3 is 0.800 bits per heavy atom.